The van der Waals surface area contributed by atoms with Gasteiger partial charge in [-0.05, 0) is 37.3 Å². The second-order valence-electron chi connectivity index (χ2n) is 4.73. The molecule has 5 heteroatoms. The SMILES string of the molecule is CCn1c(COc2ccccc2N)nc2ccc(Cl)cc21. The van der Waals surface area contributed by atoms with Crippen LogP contribution in [0.1, 0.15) is 12.7 Å². The van der Waals surface area contributed by atoms with E-state index in [1.165, 1.54) is 0 Å². The van der Waals surface area contributed by atoms with E-state index < -0.39 is 0 Å². The Bertz CT molecular complexity index is 782. The highest BCUT2D eigenvalue weighted by molar-refractivity contribution is 6.31. The summed E-state index contributed by atoms with van der Waals surface area (Å²) in [6, 6.07) is 13.1. The van der Waals surface area contributed by atoms with Gasteiger partial charge in [-0.15, -0.1) is 0 Å². The number of nitrogen functional groups attached to an aromatic ring is 1. The van der Waals surface area contributed by atoms with Gasteiger partial charge in [0.15, 0.2) is 0 Å². The summed E-state index contributed by atoms with van der Waals surface area (Å²) in [5.41, 5.74) is 8.44. The molecule has 3 aromatic rings. The molecule has 0 saturated heterocycles. The van der Waals surface area contributed by atoms with Crippen molar-refractivity contribution in [2.75, 3.05) is 5.73 Å². The molecule has 0 atom stereocenters. The predicted octanol–water partition coefficient (Wildman–Crippen LogP) is 3.87. The second-order valence-corrected chi connectivity index (χ2v) is 5.17. The molecule has 4 nitrogen and oxygen atoms in total. The van der Waals surface area contributed by atoms with Gasteiger partial charge in [-0.3, -0.25) is 0 Å². The summed E-state index contributed by atoms with van der Waals surface area (Å²) in [5.74, 6) is 1.53. The van der Waals surface area contributed by atoms with Crippen LogP contribution in [-0.4, -0.2) is 9.55 Å². The Morgan fingerprint density at radius 2 is 2.05 bits per heavy atom. The standard InChI is InChI=1S/C16H16ClN3O/c1-2-20-14-9-11(17)7-8-13(14)19-16(20)10-21-15-6-4-3-5-12(15)18/h3-9H,2,10,18H2,1H3. The number of aromatic nitrogens is 2. The van der Waals surface area contributed by atoms with E-state index in [0.717, 1.165) is 23.4 Å². The number of ether oxygens (including phenoxy) is 1. The van der Waals surface area contributed by atoms with Gasteiger partial charge in [0.2, 0.25) is 0 Å². The van der Waals surface area contributed by atoms with Gasteiger partial charge >= 0.3 is 0 Å². The molecule has 108 valence electrons. The van der Waals surface area contributed by atoms with Crippen LogP contribution in [0.4, 0.5) is 5.69 Å². The lowest BCUT2D eigenvalue weighted by atomic mass is 10.3. The molecule has 0 bridgehead atoms. The number of nitrogens with two attached hydrogens (primary N) is 1. The number of hydrogen-bond donors (Lipinski definition) is 1. The molecule has 1 aromatic heterocycles. The molecule has 1 heterocycles. The van der Waals surface area contributed by atoms with E-state index in [2.05, 4.69) is 16.5 Å². The van der Waals surface area contributed by atoms with Crippen LogP contribution in [0, 0.1) is 0 Å². The molecule has 0 aliphatic carbocycles. The number of nitrogens with zero attached hydrogens (tertiary/aromatic N) is 2. The monoisotopic (exact) mass is 301 g/mol. The lowest BCUT2D eigenvalue weighted by Gasteiger charge is -2.09. The minimum absolute atomic E-state index is 0.369. The van der Waals surface area contributed by atoms with E-state index in [1.54, 1.807) is 0 Å². The first-order valence-electron chi connectivity index (χ1n) is 6.81. The number of fused-ring (bicyclic) bond motifs is 1. The Labute approximate surface area is 128 Å². The number of aryl methyl sites for hydroxylation is 1. The summed E-state index contributed by atoms with van der Waals surface area (Å²) in [5, 5.41) is 0.705. The van der Waals surface area contributed by atoms with E-state index >= 15 is 0 Å². The summed E-state index contributed by atoms with van der Waals surface area (Å²) < 4.78 is 7.88. The van der Waals surface area contributed by atoms with Gasteiger partial charge in [0.05, 0.1) is 16.7 Å². The maximum absolute atomic E-state index is 6.06. The van der Waals surface area contributed by atoms with Crippen molar-refractivity contribution in [2.45, 2.75) is 20.1 Å². The fourth-order valence-corrected chi connectivity index (χ4v) is 2.53. The van der Waals surface area contributed by atoms with Crippen molar-refractivity contribution in [1.82, 2.24) is 9.55 Å². The van der Waals surface area contributed by atoms with E-state index in [9.17, 15) is 0 Å². The minimum atomic E-state index is 0.369. The summed E-state index contributed by atoms with van der Waals surface area (Å²) in [6.07, 6.45) is 0. The quantitative estimate of drug-likeness (QED) is 0.744. The Morgan fingerprint density at radius 1 is 1.24 bits per heavy atom. The van der Waals surface area contributed by atoms with Crippen molar-refractivity contribution >= 4 is 28.3 Å². The van der Waals surface area contributed by atoms with Crippen LogP contribution < -0.4 is 10.5 Å². The lowest BCUT2D eigenvalue weighted by Crippen LogP contribution is -2.06. The molecule has 0 fully saturated rings. The van der Waals surface area contributed by atoms with E-state index in [1.807, 2.05) is 42.5 Å². The number of anilines is 1. The lowest BCUT2D eigenvalue weighted by molar-refractivity contribution is 0.292. The van der Waals surface area contributed by atoms with Crippen molar-refractivity contribution in [3.8, 4) is 5.75 Å². The Kier molecular flexibility index (Phi) is 3.71. The second kappa shape index (κ2) is 5.66. The van der Waals surface area contributed by atoms with Crippen LogP contribution in [-0.2, 0) is 13.2 Å². The molecule has 3 rings (SSSR count). The summed E-state index contributed by atoms with van der Waals surface area (Å²) in [6.45, 7) is 3.25. The van der Waals surface area contributed by atoms with Gasteiger partial charge in [-0.2, -0.15) is 0 Å². The number of halogens is 1. The molecule has 2 aromatic carbocycles. The first kappa shape index (κ1) is 13.8. The highest BCUT2D eigenvalue weighted by atomic mass is 35.5. The highest BCUT2D eigenvalue weighted by Gasteiger charge is 2.11. The van der Waals surface area contributed by atoms with E-state index in [4.69, 9.17) is 22.1 Å². The Hall–Kier alpha value is -2.20. The summed E-state index contributed by atoms with van der Waals surface area (Å²) in [4.78, 5) is 4.61. The first-order valence-corrected chi connectivity index (χ1v) is 7.19. The van der Waals surface area contributed by atoms with Gasteiger partial charge in [0.25, 0.3) is 0 Å². The molecule has 0 radical (unpaired) electrons. The van der Waals surface area contributed by atoms with Gasteiger partial charge in [-0.25, -0.2) is 4.98 Å². The van der Waals surface area contributed by atoms with Gasteiger partial charge < -0.3 is 15.0 Å². The third-order valence-corrected chi connectivity index (χ3v) is 3.62. The molecule has 0 spiro atoms. The molecule has 0 amide bonds. The molecule has 0 saturated carbocycles. The van der Waals surface area contributed by atoms with Crippen molar-refractivity contribution in [3.05, 3.63) is 53.3 Å². The van der Waals surface area contributed by atoms with Crippen LogP contribution in [0.3, 0.4) is 0 Å². The average Bonchev–Trinajstić information content (AvgIpc) is 2.83. The fourth-order valence-electron chi connectivity index (χ4n) is 2.36. The van der Waals surface area contributed by atoms with Gasteiger partial charge in [0, 0.05) is 11.6 Å². The fraction of sp³-hybridized carbons (Fsp3) is 0.188. The van der Waals surface area contributed by atoms with Crippen molar-refractivity contribution in [2.24, 2.45) is 0 Å². The van der Waals surface area contributed by atoms with Crippen molar-refractivity contribution in [1.29, 1.82) is 0 Å². The third-order valence-electron chi connectivity index (χ3n) is 3.38. The number of benzene rings is 2. The smallest absolute Gasteiger partial charge is 0.147 e. The maximum Gasteiger partial charge on any atom is 0.147 e. The molecule has 21 heavy (non-hydrogen) atoms. The predicted molar refractivity (Wildman–Crippen MR) is 85.6 cm³/mol. The largest absolute Gasteiger partial charge is 0.484 e. The zero-order valence-electron chi connectivity index (χ0n) is 11.7. The summed E-state index contributed by atoms with van der Waals surface area (Å²) >= 11 is 6.06. The van der Waals surface area contributed by atoms with Gasteiger partial charge in [0.1, 0.15) is 18.2 Å². The number of hydrogen-bond acceptors (Lipinski definition) is 3. The highest BCUT2D eigenvalue weighted by Crippen LogP contribution is 2.24. The molecule has 0 unspecified atom stereocenters. The first-order chi connectivity index (χ1) is 10.2. The van der Waals surface area contributed by atoms with Crippen LogP contribution in [0.25, 0.3) is 11.0 Å². The molecule has 0 aliphatic heterocycles. The summed E-state index contributed by atoms with van der Waals surface area (Å²) in [7, 11) is 0. The Balaban J connectivity index is 1.92. The van der Waals surface area contributed by atoms with Crippen LogP contribution in [0.5, 0.6) is 5.75 Å². The number of para-hydroxylation sites is 2. The Morgan fingerprint density at radius 3 is 2.81 bits per heavy atom. The van der Waals surface area contributed by atoms with Crippen molar-refractivity contribution < 1.29 is 4.74 Å². The van der Waals surface area contributed by atoms with Crippen LogP contribution >= 0.6 is 11.6 Å². The number of rotatable bonds is 4. The van der Waals surface area contributed by atoms with Crippen LogP contribution in [0.15, 0.2) is 42.5 Å². The third kappa shape index (κ3) is 2.67. The zero-order chi connectivity index (χ0) is 14.8. The van der Waals surface area contributed by atoms with E-state index in [0.29, 0.717) is 23.1 Å². The molecule has 2 N–H and O–H groups in total. The van der Waals surface area contributed by atoms with Crippen molar-refractivity contribution in [3.63, 3.8) is 0 Å². The number of imidazole rings is 1. The molecular formula is C16H16ClN3O. The normalized spacial score (nSPS) is 11.0. The van der Waals surface area contributed by atoms with Crippen LogP contribution in [0.2, 0.25) is 5.02 Å². The zero-order valence-corrected chi connectivity index (χ0v) is 12.5. The average molecular weight is 302 g/mol. The maximum atomic E-state index is 6.06. The molecular weight excluding hydrogens is 286 g/mol. The van der Waals surface area contributed by atoms with Gasteiger partial charge in [-0.1, -0.05) is 23.7 Å². The minimum Gasteiger partial charge on any atom is -0.484 e. The van der Waals surface area contributed by atoms with E-state index in [-0.39, 0.29) is 0 Å². The topological polar surface area (TPSA) is 53.1 Å². The molecule has 0 aliphatic rings.